The van der Waals surface area contributed by atoms with E-state index in [9.17, 15) is 23.1 Å². The highest BCUT2D eigenvalue weighted by Crippen LogP contribution is 2.39. The van der Waals surface area contributed by atoms with E-state index < -0.39 is 27.9 Å². The third-order valence-electron chi connectivity index (χ3n) is 7.44. The van der Waals surface area contributed by atoms with Crippen molar-refractivity contribution in [2.24, 2.45) is 16.5 Å². The fraction of sp³-hybridized carbons (Fsp3) is 0.290. The molecule has 1 aliphatic heterocycles. The number of aliphatic carboxylic acids is 1. The molecule has 0 fully saturated rings. The maximum absolute atomic E-state index is 13.9. The van der Waals surface area contributed by atoms with Gasteiger partial charge in [0.15, 0.2) is 5.96 Å². The van der Waals surface area contributed by atoms with Gasteiger partial charge in [0.2, 0.25) is 0 Å². The Morgan fingerprint density at radius 1 is 1.15 bits per heavy atom. The number of carbonyl (C=O) groups is 2. The molecule has 0 bridgehead atoms. The molecule has 248 valence electrons. The Hall–Kier alpha value is -4.93. The van der Waals surface area contributed by atoms with Crippen LogP contribution in [0.1, 0.15) is 39.2 Å². The van der Waals surface area contributed by atoms with Crippen LogP contribution in [0.4, 0.5) is 5.69 Å². The molecule has 14 nitrogen and oxygen atoms in total. The van der Waals surface area contributed by atoms with Gasteiger partial charge in [0.25, 0.3) is 15.9 Å². The van der Waals surface area contributed by atoms with Crippen molar-refractivity contribution in [1.82, 2.24) is 20.8 Å². The molecular weight excluding hydrogens is 645 g/mol. The average Bonchev–Trinajstić information content (AvgIpc) is 3.82. The first kappa shape index (κ1) is 33.4. The van der Waals surface area contributed by atoms with Crippen LogP contribution in [-0.2, 0) is 34.2 Å². The second-order valence-electron chi connectivity index (χ2n) is 10.9. The molecule has 0 spiro atoms. The Bertz CT molecular complexity index is 1850. The monoisotopic (exact) mass is 680 g/mol. The number of nitrogens with zero attached hydrogens (tertiary/aromatic N) is 2. The van der Waals surface area contributed by atoms with Gasteiger partial charge in [0, 0.05) is 25.7 Å². The molecule has 2 aromatic heterocycles. The number of carboxylic acid groups (broad SMARTS) is 1. The van der Waals surface area contributed by atoms with E-state index in [-0.39, 0.29) is 40.1 Å². The lowest BCUT2D eigenvalue weighted by Crippen LogP contribution is -2.40. The number of hydrogen-bond acceptors (Lipinski definition) is 9. The number of aliphatic imine (C=N–C) groups is 1. The molecule has 9 N–H and O–H groups in total. The quantitative estimate of drug-likeness (QED) is 0.0520. The molecular formula is C31H36N8O6S2. The predicted molar refractivity (Wildman–Crippen MR) is 179 cm³/mol. The largest absolute Gasteiger partial charge is 0.492 e. The first-order valence-electron chi connectivity index (χ1n) is 14.9. The van der Waals surface area contributed by atoms with Crippen molar-refractivity contribution in [2.75, 3.05) is 24.4 Å². The number of carbonyl (C=O) groups excluding carboxylic acids is 1. The van der Waals surface area contributed by atoms with Crippen molar-refractivity contribution in [3.8, 4) is 16.9 Å². The van der Waals surface area contributed by atoms with Crippen LogP contribution in [0.3, 0.4) is 0 Å². The standard InChI is InChI=1S/C31H36N8O6S2/c32-31(33)35-9-2-5-25(30(41)42)38-29(40)28-24(8-12-46-28)39-47(43,44)26-15-23(14-22-7-11-45-27(22)26)21-4-1-3-19(13-21)16-34-10-6-20-17-36-37-18-20/h1,3-4,8,12-15,17-18,25,34,39H,2,5-7,9-11,16H2,(H,36,37)(H,38,40)(H,41,42)(H4,32,33,35)/t25-/m0/s1. The molecule has 0 unspecified atom stereocenters. The van der Waals surface area contributed by atoms with Crippen molar-refractivity contribution >= 4 is 44.9 Å². The van der Waals surface area contributed by atoms with Crippen LogP contribution < -0.4 is 31.6 Å². The number of guanidine groups is 1. The molecule has 1 aliphatic rings. The van der Waals surface area contributed by atoms with E-state index in [1.54, 1.807) is 17.6 Å². The van der Waals surface area contributed by atoms with Gasteiger partial charge in [-0.1, -0.05) is 18.2 Å². The lowest BCUT2D eigenvalue weighted by Gasteiger charge is -2.16. The van der Waals surface area contributed by atoms with Gasteiger partial charge in [-0.15, -0.1) is 11.3 Å². The molecule has 47 heavy (non-hydrogen) atoms. The van der Waals surface area contributed by atoms with Crippen LogP contribution in [0.5, 0.6) is 5.75 Å². The molecule has 0 radical (unpaired) electrons. The van der Waals surface area contributed by atoms with E-state index in [0.29, 0.717) is 31.6 Å². The molecule has 0 aliphatic carbocycles. The molecule has 1 atom stereocenters. The van der Waals surface area contributed by atoms with Crippen LogP contribution in [0, 0.1) is 0 Å². The molecule has 3 heterocycles. The molecule has 1 amide bonds. The number of fused-ring (bicyclic) bond motifs is 1. The summed E-state index contributed by atoms with van der Waals surface area (Å²) in [7, 11) is -4.24. The number of amides is 1. The van der Waals surface area contributed by atoms with E-state index in [4.69, 9.17) is 16.2 Å². The fourth-order valence-corrected chi connectivity index (χ4v) is 7.23. The van der Waals surface area contributed by atoms with Gasteiger partial charge in [0.05, 0.1) is 18.5 Å². The third kappa shape index (κ3) is 8.66. The minimum atomic E-state index is -4.24. The Balaban J connectivity index is 1.32. The number of aromatic amines is 1. The van der Waals surface area contributed by atoms with Gasteiger partial charge in [-0.05, 0) is 83.3 Å². The number of hydrogen-bond donors (Lipinski definition) is 7. The summed E-state index contributed by atoms with van der Waals surface area (Å²) < 4.78 is 36.0. The van der Waals surface area contributed by atoms with Crippen molar-refractivity contribution in [1.29, 1.82) is 0 Å². The molecule has 5 rings (SSSR count). The molecule has 16 heteroatoms. The maximum atomic E-state index is 13.9. The van der Waals surface area contributed by atoms with Crippen LogP contribution in [0.15, 0.2) is 70.1 Å². The zero-order valence-corrected chi connectivity index (χ0v) is 27.0. The lowest BCUT2D eigenvalue weighted by atomic mass is 10.00. The predicted octanol–water partition coefficient (Wildman–Crippen LogP) is 2.44. The number of benzene rings is 2. The lowest BCUT2D eigenvalue weighted by molar-refractivity contribution is -0.139. The van der Waals surface area contributed by atoms with E-state index in [1.165, 1.54) is 6.07 Å². The smallest absolute Gasteiger partial charge is 0.326 e. The number of carboxylic acids is 1. The molecule has 2 aromatic carbocycles. The number of aromatic nitrogens is 2. The number of sulfonamides is 1. The maximum Gasteiger partial charge on any atom is 0.326 e. The van der Waals surface area contributed by atoms with Gasteiger partial charge in [-0.25, -0.2) is 13.2 Å². The van der Waals surface area contributed by atoms with Crippen molar-refractivity contribution in [3.63, 3.8) is 0 Å². The molecule has 0 saturated heterocycles. The van der Waals surface area contributed by atoms with Crippen LogP contribution >= 0.6 is 11.3 Å². The van der Waals surface area contributed by atoms with Crippen LogP contribution in [0.2, 0.25) is 0 Å². The summed E-state index contributed by atoms with van der Waals surface area (Å²) in [4.78, 5) is 28.7. The van der Waals surface area contributed by atoms with Crippen molar-refractivity contribution in [2.45, 2.75) is 43.2 Å². The van der Waals surface area contributed by atoms with Gasteiger partial charge >= 0.3 is 5.97 Å². The Labute approximate surface area is 275 Å². The number of H-pyrrole nitrogens is 1. The van der Waals surface area contributed by atoms with E-state index in [2.05, 4.69) is 30.5 Å². The number of nitrogens with one attached hydrogen (secondary N) is 4. The summed E-state index contributed by atoms with van der Waals surface area (Å²) in [5, 5.41) is 23.8. The van der Waals surface area contributed by atoms with Gasteiger partial charge in [0.1, 0.15) is 21.6 Å². The minimum absolute atomic E-state index is 0.0192. The number of rotatable bonds is 16. The molecule has 4 aromatic rings. The zero-order valence-electron chi connectivity index (χ0n) is 25.4. The minimum Gasteiger partial charge on any atom is -0.492 e. The van der Waals surface area contributed by atoms with Gasteiger partial charge < -0.3 is 31.9 Å². The fourth-order valence-electron chi connectivity index (χ4n) is 5.13. The summed E-state index contributed by atoms with van der Waals surface area (Å²) in [5.74, 6) is -1.80. The molecule has 0 saturated carbocycles. The van der Waals surface area contributed by atoms with E-state index in [0.717, 1.165) is 46.6 Å². The highest BCUT2D eigenvalue weighted by Gasteiger charge is 2.29. The second kappa shape index (κ2) is 15.1. The number of ether oxygens (including phenoxy) is 1. The SMILES string of the molecule is NC(N)=NCCC[C@H](NC(=O)c1sccc1NS(=O)(=O)c1cc(-c2cccc(CNCCc3cn[nH]c3)c2)cc2c1OCC2)C(=O)O. The van der Waals surface area contributed by atoms with Gasteiger partial charge in [-0.2, -0.15) is 5.10 Å². The van der Waals surface area contributed by atoms with Gasteiger partial charge in [-0.3, -0.25) is 19.6 Å². The summed E-state index contributed by atoms with van der Waals surface area (Å²) in [6.45, 7) is 1.95. The number of anilines is 1. The highest BCUT2D eigenvalue weighted by atomic mass is 32.2. The summed E-state index contributed by atoms with van der Waals surface area (Å²) in [6, 6.07) is 11.6. The second-order valence-corrected chi connectivity index (χ2v) is 13.4. The summed E-state index contributed by atoms with van der Waals surface area (Å²) >= 11 is 0.985. The Kier molecular flexibility index (Phi) is 10.7. The van der Waals surface area contributed by atoms with Crippen molar-refractivity contribution < 1.29 is 27.9 Å². The number of thiophene rings is 1. The number of nitrogens with two attached hydrogens (primary N) is 2. The average molecular weight is 681 g/mol. The first-order valence-corrected chi connectivity index (χ1v) is 17.2. The van der Waals surface area contributed by atoms with E-state index >= 15 is 0 Å². The third-order valence-corrected chi connectivity index (χ3v) is 9.72. The van der Waals surface area contributed by atoms with E-state index in [1.807, 2.05) is 36.5 Å². The summed E-state index contributed by atoms with van der Waals surface area (Å²) in [6.07, 6.45) is 5.43. The first-order chi connectivity index (χ1) is 22.6. The normalized spacial score (nSPS) is 12.9. The Morgan fingerprint density at radius 3 is 2.77 bits per heavy atom. The Morgan fingerprint density at radius 2 is 2.00 bits per heavy atom. The van der Waals surface area contributed by atoms with Crippen LogP contribution in [-0.4, -0.2) is 67.3 Å². The summed E-state index contributed by atoms with van der Waals surface area (Å²) in [5.41, 5.74) is 15.1. The van der Waals surface area contributed by atoms with Crippen LogP contribution in [0.25, 0.3) is 11.1 Å². The highest BCUT2D eigenvalue weighted by molar-refractivity contribution is 7.92. The zero-order chi connectivity index (χ0) is 33.4. The topological polar surface area (TPSA) is 227 Å². The van der Waals surface area contributed by atoms with Crippen molar-refractivity contribution in [3.05, 3.63) is 81.8 Å².